The van der Waals surface area contributed by atoms with Crippen LogP contribution in [0.1, 0.15) is 17.3 Å². The molecule has 1 fully saturated rings. The summed E-state index contributed by atoms with van der Waals surface area (Å²) in [6.07, 6.45) is 0. The second kappa shape index (κ2) is 3.64. The van der Waals surface area contributed by atoms with E-state index < -0.39 is 5.60 Å². The third kappa shape index (κ3) is 1.99. The number of benzene rings is 1. The summed E-state index contributed by atoms with van der Waals surface area (Å²) in [4.78, 5) is 13.5. The summed E-state index contributed by atoms with van der Waals surface area (Å²) in [5.74, 6) is -0.170. The van der Waals surface area contributed by atoms with Crippen molar-refractivity contribution in [3.63, 3.8) is 0 Å². The van der Waals surface area contributed by atoms with Gasteiger partial charge >= 0.3 is 0 Å². The van der Waals surface area contributed by atoms with Crippen LogP contribution in [0.2, 0.25) is 5.02 Å². The SMILES string of the molecule is CC1(O)CN(C(=O)c2ccc(N)cc2Cl)C1. The second-order valence-corrected chi connectivity index (χ2v) is 4.80. The van der Waals surface area contributed by atoms with Crippen molar-refractivity contribution in [2.24, 2.45) is 0 Å². The summed E-state index contributed by atoms with van der Waals surface area (Å²) >= 11 is 5.93. The molecule has 1 amide bonds. The lowest BCUT2D eigenvalue weighted by Crippen LogP contribution is -2.61. The fourth-order valence-corrected chi connectivity index (χ4v) is 2.06. The van der Waals surface area contributed by atoms with E-state index in [0.29, 0.717) is 29.4 Å². The minimum absolute atomic E-state index is 0.170. The second-order valence-electron chi connectivity index (χ2n) is 4.40. The molecule has 0 spiro atoms. The van der Waals surface area contributed by atoms with Crippen molar-refractivity contribution in [1.29, 1.82) is 0 Å². The molecular formula is C11H13ClN2O2. The van der Waals surface area contributed by atoms with Crippen molar-refractivity contribution in [3.05, 3.63) is 28.8 Å². The van der Waals surface area contributed by atoms with E-state index in [0.717, 1.165) is 0 Å². The first kappa shape index (κ1) is 11.2. The summed E-state index contributed by atoms with van der Waals surface area (Å²) in [5, 5.41) is 9.89. The molecule has 1 aromatic rings. The zero-order valence-electron chi connectivity index (χ0n) is 8.90. The Kier molecular flexibility index (Phi) is 2.56. The number of anilines is 1. The van der Waals surface area contributed by atoms with Crippen LogP contribution in [0.25, 0.3) is 0 Å². The summed E-state index contributed by atoms with van der Waals surface area (Å²) < 4.78 is 0. The minimum Gasteiger partial charge on any atom is -0.399 e. The molecule has 0 bridgehead atoms. The van der Waals surface area contributed by atoms with E-state index in [9.17, 15) is 9.90 Å². The van der Waals surface area contributed by atoms with Crippen LogP contribution in [-0.4, -0.2) is 34.6 Å². The van der Waals surface area contributed by atoms with Gasteiger partial charge < -0.3 is 15.7 Å². The monoisotopic (exact) mass is 240 g/mol. The molecule has 0 unspecified atom stereocenters. The van der Waals surface area contributed by atoms with Crippen molar-refractivity contribution in [2.75, 3.05) is 18.8 Å². The molecule has 0 radical (unpaired) electrons. The third-order valence-corrected chi connectivity index (χ3v) is 2.89. The van der Waals surface area contributed by atoms with Gasteiger partial charge in [-0.3, -0.25) is 4.79 Å². The van der Waals surface area contributed by atoms with Crippen molar-refractivity contribution < 1.29 is 9.90 Å². The smallest absolute Gasteiger partial charge is 0.255 e. The number of carbonyl (C=O) groups is 1. The molecule has 1 heterocycles. The number of hydrogen-bond donors (Lipinski definition) is 2. The first-order valence-electron chi connectivity index (χ1n) is 4.96. The van der Waals surface area contributed by atoms with Crippen LogP contribution in [-0.2, 0) is 0 Å². The largest absolute Gasteiger partial charge is 0.399 e. The van der Waals surface area contributed by atoms with Crippen molar-refractivity contribution in [3.8, 4) is 0 Å². The topological polar surface area (TPSA) is 66.6 Å². The number of amides is 1. The number of β-amino-alcohol motifs (C(OH)–C–C–N with tert-alkyl or cyclic N) is 1. The van der Waals surface area contributed by atoms with Crippen LogP contribution in [0.5, 0.6) is 0 Å². The van der Waals surface area contributed by atoms with Gasteiger partial charge in [0.25, 0.3) is 5.91 Å². The van der Waals surface area contributed by atoms with E-state index in [1.54, 1.807) is 30.0 Å². The number of nitrogens with two attached hydrogens (primary N) is 1. The number of aliphatic hydroxyl groups is 1. The predicted octanol–water partition coefficient (Wildman–Crippen LogP) is 1.13. The zero-order valence-corrected chi connectivity index (χ0v) is 9.66. The Morgan fingerprint density at radius 3 is 2.69 bits per heavy atom. The molecule has 5 heteroatoms. The van der Waals surface area contributed by atoms with Gasteiger partial charge in [-0.2, -0.15) is 0 Å². The highest BCUT2D eigenvalue weighted by molar-refractivity contribution is 6.34. The minimum atomic E-state index is -0.768. The van der Waals surface area contributed by atoms with Gasteiger partial charge in [0.1, 0.15) is 0 Å². The normalized spacial score (nSPS) is 18.1. The summed E-state index contributed by atoms with van der Waals surface area (Å²) in [5.41, 5.74) is 5.72. The number of likely N-dealkylation sites (tertiary alicyclic amines) is 1. The van der Waals surface area contributed by atoms with Crippen molar-refractivity contribution in [1.82, 2.24) is 4.90 Å². The first-order chi connectivity index (χ1) is 7.39. The maximum Gasteiger partial charge on any atom is 0.255 e. The Hall–Kier alpha value is -1.26. The Labute approximate surface area is 98.6 Å². The maximum atomic E-state index is 11.9. The summed E-state index contributed by atoms with van der Waals surface area (Å²) in [6.45, 7) is 2.38. The van der Waals surface area contributed by atoms with Crippen LogP contribution < -0.4 is 5.73 Å². The summed E-state index contributed by atoms with van der Waals surface area (Å²) in [7, 11) is 0. The highest BCUT2D eigenvalue weighted by Crippen LogP contribution is 2.26. The lowest BCUT2D eigenvalue weighted by molar-refractivity contribution is -0.0668. The molecule has 0 saturated carbocycles. The van der Waals surface area contributed by atoms with E-state index in [1.807, 2.05) is 0 Å². The zero-order chi connectivity index (χ0) is 11.9. The van der Waals surface area contributed by atoms with Crippen molar-refractivity contribution >= 4 is 23.2 Å². The summed E-state index contributed by atoms with van der Waals surface area (Å²) in [6, 6.07) is 4.79. The van der Waals surface area contributed by atoms with E-state index in [2.05, 4.69) is 0 Å². The van der Waals surface area contributed by atoms with Crippen LogP contribution in [0.3, 0.4) is 0 Å². The molecule has 0 atom stereocenters. The van der Waals surface area contributed by atoms with Gasteiger partial charge in [-0.25, -0.2) is 0 Å². The van der Waals surface area contributed by atoms with Gasteiger partial charge in [0.15, 0.2) is 0 Å². The average molecular weight is 241 g/mol. The average Bonchev–Trinajstić information content (AvgIpc) is 2.13. The third-order valence-electron chi connectivity index (χ3n) is 2.57. The first-order valence-corrected chi connectivity index (χ1v) is 5.33. The quantitative estimate of drug-likeness (QED) is 0.724. The highest BCUT2D eigenvalue weighted by atomic mass is 35.5. The fraction of sp³-hybridized carbons (Fsp3) is 0.364. The van der Waals surface area contributed by atoms with Gasteiger partial charge in [-0.05, 0) is 25.1 Å². The number of carbonyl (C=O) groups excluding carboxylic acids is 1. The van der Waals surface area contributed by atoms with Gasteiger partial charge in [0.2, 0.25) is 0 Å². The number of hydrogen-bond acceptors (Lipinski definition) is 3. The van der Waals surface area contributed by atoms with E-state index >= 15 is 0 Å². The number of nitrogens with zero attached hydrogens (tertiary/aromatic N) is 1. The van der Waals surface area contributed by atoms with E-state index in [1.165, 1.54) is 0 Å². The molecule has 1 aliphatic rings. The van der Waals surface area contributed by atoms with Crippen LogP contribution in [0.15, 0.2) is 18.2 Å². The van der Waals surface area contributed by atoms with Gasteiger partial charge in [0.05, 0.1) is 29.3 Å². The Morgan fingerprint density at radius 1 is 1.56 bits per heavy atom. The van der Waals surface area contributed by atoms with Gasteiger partial charge in [-0.1, -0.05) is 11.6 Å². The molecule has 1 aromatic carbocycles. The molecule has 2 rings (SSSR count). The number of nitrogen functional groups attached to an aromatic ring is 1. The van der Waals surface area contributed by atoms with E-state index in [4.69, 9.17) is 17.3 Å². The van der Waals surface area contributed by atoms with Gasteiger partial charge in [0, 0.05) is 5.69 Å². The Balaban J connectivity index is 2.16. The Morgan fingerprint density at radius 2 is 2.19 bits per heavy atom. The van der Waals surface area contributed by atoms with Crippen LogP contribution >= 0.6 is 11.6 Å². The highest BCUT2D eigenvalue weighted by Gasteiger charge is 2.40. The molecule has 1 aliphatic heterocycles. The predicted molar refractivity (Wildman–Crippen MR) is 62.4 cm³/mol. The van der Waals surface area contributed by atoms with Crippen LogP contribution in [0, 0.1) is 0 Å². The molecule has 16 heavy (non-hydrogen) atoms. The standard InChI is InChI=1S/C11H13ClN2O2/c1-11(16)5-14(6-11)10(15)8-3-2-7(13)4-9(8)12/h2-4,16H,5-6,13H2,1H3. The molecule has 0 aliphatic carbocycles. The molecule has 0 aromatic heterocycles. The van der Waals surface area contributed by atoms with E-state index in [-0.39, 0.29) is 5.91 Å². The van der Waals surface area contributed by atoms with Crippen LogP contribution in [0.4, 0.5) is 5.69 Å². The van der Waals surface area contributed by atoms with Crippen molar-refractivity contribution in [2.45, 2.75) is 12.5 Å². The Bertz CT molecular complexity index is 438. The maximum absolute atomic E-state index is 11.9. The molecule has 3 N–H and O–H groups in total. The molecule has 86 valence electrons. The molecular weight excluding hydrogens is 228 g/mol. The lowest BCUT2D eigenvalue weighted by atomic mass is 9.96. The number of halogens is 1. The molecule has 1 saturated heterocycles. The van der Waals surface area contributed by atoms with Gasteiger partial charge in [-0.15, -0.1) is 0 Å². The molecule has 4 nitrogen and oxygen atoms in total. The number of rotatable bonds is 1. The fourth-order valence-electron chi connectivity index (χ4n) is 1.79. The lowest BCUT2D eigenvalue weighted by Gasteiger charge is -2.44.